The molecule has 0 radical (unpaired) electrons. The summed E-state index contributed by atoms with van der Waals surface area (Å²) in [5.74, 6) is 0.351. The van der Waals surface area contributed by atoms with Gasteiger partial charge >= 0.3 is 0 Å². The second-order valence-corrected chi connectivity index (χ2v) is 8.75. The molecule has 0 atom stereocenters. The Morgan fingerprint density at radius 3 is 2.45 bits per heavy atom. The van der Waals surface area contributed by atoms with Gasteiger partial charge in [0.2, 0.25) is 5.88 Å². The fourth-order valence-corrected chi connectivity index (χ4v) is 4.74. The first-order valence-electron chi connectivity index (χ1n) is 11.8. The van der Waals surface area contributed by atoms with Gasteiger partial charge < -0.3 is 9.42 Å². The van der Waals surface area contributed by atoms with Crippen molar-refractivity contribution >= 4 is 17.5 Å². The average Bonchev–Trinajstić information content (AvgIpc) is 3.29. The summed E-state index contributed by atoms with van der Waals surface area (Å²) >= 11 is 0. The number of hydrogen-bond donors (Lipinski definition) is 0. The number of piperazine rings is 1. The SMILES string of the molecule is O=C(c1ccccc1)N(CCN1CCN(c2ccc(F)cc2)CC1)c1onc2c1CCCC2. The lowest BCUT2D eigenvalue weighted by Gasteiger charge is -2.36. The van der Waals surface area contributed by atoms with Crippen molar-refractivity contribution in [2.24, 2.45) is 0 Å². The highest BCUT2D eigenvalue weighted by Crippen LogP contribution is 2.31. The van der Waals surface area contributed by atoms with E-state index in [1.165, 1.54) is 12.1 Å². The van der Waals surface area contributed by atoms with Gasteiger partial charge in [-0.05, 0) is 62.1 Å². The molecule has 2 aliphatic rings. The molecule has 1 fully saturated rings. The van der Waals surface area contributed by atoms with Crippen LogP contribution in [0.15, 0.2) is 59.1 Å². The van der Waals surface area contributed by atoms with E-state index < -0.39 is 0 Å². The van der Waals surface area contributed by atoms with Crippen LogP contribution in [0.4, 0.5) is 16.0 Å². The van der Waals surface area contributed by atoms with E-state index in [2.05, 4.69) is 15.0 Å². The van der Waals surface area contributed by atoms with Gasteiger partial charge in [-0.2, -0.15) is 0 Å². The Hall–Kier alpha value is -3.19. The molecule has 1 aliphatic carbocycles. The zero-order chi connectivity index (χ0) is 22.6. The third-order valence-corrected chi connectivity index (χ3v) is 6.65. The van der Waals surface area contributed by atoms with Crippen molar-refractivity contribution in [2.75, 3.05) is 49.1 Å². The molecular weight excluding hydrogens is 419 g/mol. The lowest BCUT2D eigenvalue weighted by Crippen LogP contribution is -2.49. The first-order chi connectivity index (χ1) is 16.2. The minimum absolute atomic E-state index is 0.0509. The second kappa shape index (κ2) is 9.75. The van der Waals surface area contributed by atoms with E-state index in [9.17, 15) is 9.18 Å². The molecule has 1 aromatic heterocycles. The average molecular weight is 449 g/mol. The van der Waals surface area contributed by atoms with Crippen LogP contribution < -0.4 is 9.80 Å². The van der Waals surface area contributed by atoms with Crippen molar-refractivity contribution in [3.8, 4) is 0 Å². The standard InChI is InChI=1S/C26H29FN4O2/c27-21-10-12-22(13-11-21)30-17-14-29(15-18-30)16-19-31(25(32)20-6-2-1-3-7-20)26-23-8-4-5-9-24(23)28-33-26/h1-3,6-7,10-13H,4-5,8-9,14-19H2. The zero-order valence-electron chi connectivity index (χ0n) is 18.8. The number of anilines is 2. The molecule has 6 nitrogen and oxygen atoms in total. The van der Waals surface area contributed by atoms with E-state index in [1.54, 1.807) is 4.90 Å². The fraction of sp³-hybridized carbons (Fsp3) is 0.385. The van der Waals surface area contributed by atoms with Crippen molar-refractivity contribution in [3.63, 3.8) is 0 Å². The number of halogens is 1. The molecule has 0 bridgehead atoms. The first-order valence-corrected chi connectivity index (χ1v) is 11.8. The predicted octanol–water partition coefficient (Wildman–Crippen LogP) is 4.16. The van der Waals surface area contributed by atoms with Crippen LogP contribution in [0.25, 0.3) is 0 Å². The summed E-state index contributed by atoms with van der Waals surface area (Å²) in [6.07, 6.45) is 4.03. The van der Waals surface area contributed by atoms with Gasteiger partial charge in [0.05, 0.1) is 5.69 Å². The number of benzene rings is 2. The van der Waals surface area contributed by atoms with E-state index in [1.807, 2.05) is 42.5 Å². The molecule has 0 saturated carbocycles. The van der Waals surface area contributed by atoms with Crippen molar-refractivity contribution < 1.29 is 13.7 Å². The summed E-state index contributed by atoms with van der Waals surface area (Å²) in [5.41, 5.74) is 3.78. The maximum atomic E-state index is 13.4. The van der Waals surface area contributed by atoms with E-state index in [0.29, 0.717) is 18.0 Å². The van der Waals surface area contributed by atoms with Crippen molar-refractivity contribution in [2.45, 2.75) is 25.7 Å². The third kappa shape index (κ3) is 4.78. The Balaban J connectivity index is 1.27. The first kappa shape index (κ1) is 21.6. The normalized spacial score (nSPS) is 16.5. The van der Waals surface area contributed by atoms with Gasteiger partial charge in [-0.1, -0.05) is 23.4 Å². The zero-order valence-corrected chi connectivity index (χ0v) is 18.8. The molecule has 5 rings (SSSR count). The number of carbonyl (C=O) groups is 1. The van der Waals surface area contributed by atoms with Crippen LogP contribution in [0, 0.1) is 5.82 Å². The quantitative estimate of drug-likeness (QED) is 0.567. The van der Waals surface area contributed by atoms with Crippen molar-refractivity contribution in [3.05, 3.63) is 77.2 Å². The van der Waals surface area contributed by atoms with E-state index >= 15 is 0 Å². The highest BCUT2D eigenvalue weighted by molar-refractivity contribution is 6.05. The Kier molecular flexibility index (Phi) is 6.39. The van der Waals surface area contributed by atoms with Crippen LogP contribution in [0.3, 0.4) is 0 Å². The molecule has 0 unspecified atom stereocenters. The van der Waals surface area contributed by atoms with Crippen LogP contribution in [0.5, 0.6) is 0 Å². The maximum Gasteiger partial charge on any atom is 0.260 e. The summed E-state index contributed by atoms with van der Waals surface area (Å²) in [6, 6.07) is 16.1. The summed E-state index contributed by atoms with van der Waals surface area (Å²) in [5, 5.41) is 4.28. The molecule has 0 N–H and O–H groups in total. The van der Waals surface area contributed by atoms with Gasteiger partial charge in [0.1, 0.15) is 5.82 Å². The fourth-order valence-electron chi connectivity index (χ4n) is 4.74. The highest BCUT2D eigenvalue weighted by Gasteiger charge is 2.29. The molecule has 1 saturated heterocycles. The minimum atomic E-state index is -0.213. The molecule has 0 spiro atoms. The molecule has 2 aromatic carbocycles. The number of aromatic nitrogens is 1. The van der Waals surface area contributed by atoms with Gasteiger partial charge in [-0.15, -0.1) is 0 Å². The number of rotatable bonds is 6. The Labute approximate surface area is 193 Å². The van der Waals surface area contributed by atoms with Gasteiger partial charge in [0, 0.05) is 56.1 Å². The largest absolute Gasteiger partial charge is 0.369 e. The topological polar surface area (TPSA) is 52.8 Å². The molecule has 1 aliphatic heterocycles. The number of carbonyl (C=O) groups excluding carboxylic acids is 1. The summed E-state index contributed by atoms with van der Waals surface area (Å²) in [7, 11) is 0. The van der Waals surface area contributed by atoms with Gasteiger partial charge in [-0.25, -0.2) is 4.39 Å². The Morgan fingerprint density at radius 2 is 1.70 bits per heavy atom. The van der Waals surface area contributed by atoms with Gasteiger partial charge in [0.25, 0.3) is 5.91 Å². The van der Waals surface area contributed by atoms with E-state index in [0.717, 1.165) is 75.4 Å². The number of aryl methyl sites for hydroxylation is 1. The minimum Gasteiger partial charge on any atom is -0.369 e. The maximum absolute atomic E-state index is 13.4. The predicted molar refractivity (Wildman–Crippen MR) is 126 cm³/mol. The van der Waals surface area contributed by atoms with Crippen LogP contribution >= 0.6 is 0 Å². The van der Waals surface area contributed by atoms with Crippen LogP contribution in [0.1, 0.15) is 34.5 Å². The molecular formula is C26H29FN4O2. The highest BCUT2D eigenvalue weighted by atomic mass is 19.1. The van der Waals surface area contributed by atoms with Gasteiger partial charge in [-0.3, -0.25) is 14.6 Å². The number of amides is 1. The number of fused-ring (bicyclic) bond motifs is 1. The van der Waals surface area contributed by atoms with E-state index in [4.69, 9.17) is 4.52 Å². The Morgan fingerprint density at radius 1 is 0.970 bits per heavy atom. The monoisotopic (exact) mass is 448 g/mol. The molecule has 33 heavy (non-hydrogen) atoms. The van der Waals surface area contributed by atoms with Crippen LogP contribution in [0.2, 0.25) is 0 Å². The van der Waals surface area contributed by atoms with Crippen molar-refractivity contribution in [1.82, 2.24) is 10.1 Å². The van der Waals surface area contributed by atoms with Crippen LogP contribution in [-0.4, -0.2) is 55.2 Å². The molecule has 172 valence electrons. The lowest BCUT2D eigenvalue weighted by atomic mass is 9.97. The Bertz CT molecular complexity index is 1080. The van der Waals surface area contributed by atoms with Crippen molar-refractivity contribution in [1.29, 1.82) is 0 Å². The lowest BCUT2D eigenvalue weighted by molar-refractivity contribution is 0.0976. The smallest absolute Gasteiger partial charge is 0.260 e. The molecule has 3 aromatic rings. The third-order valence-electron chi connectivity index (χ3n) is 6.65. The number of hydrogen-bond acceptors (Lipinski definition) is 5. The van der Waals surface area contributed by atoms with Crippen LogP contribution in [-0.2, 0) is 12.8 Å². The second-order valence-electron chi connectivity index (χ2n) is 8.75. The molecule has 7 heteroatoms. The molecule has 2 heterocycles. The van der Waals surface area contributed by atoms with Gasteiger partial charge in [0.15, 0.2) is 0 Å². The summed E-state index contributed by atoms with van der Waals surface area (Å²) in [6.45, 7) is 4.82. The summed E-state index contributed by atoms with van der Waals surface area (Å²) < 4.78 is 19.0. The van der Waals surface area contributed by atoms with E-state index in [-0.39, 0.29) is 11.7 Å². The summed E-state index contributed by atoms with van der Waals surface area (Å²) in [4.78, 5) is 19.9. The number of nitrogens with zero attached hydrogens (tertiary/aromatic N) is 4. The molecule has 1 amide bonds.